The average molecular weight is 365 g/mol. The van der Waals surface area contributed by atoms with E-state index in [1.54, 1.807) is 13.0 Å². The maximum Gasteiger partial charge on any atom is 0.303 e. The van der Waals surface area contributed by atoms with Gasteiger partial charge in [0.15, 0.2) is 5.75 Å². The minimum absolute atomic E-state index is 0. The van der Waals surface area contributed by atoms with E-state index in [1.165, 1.54) is 38.5 Å². The Bertz CT molecular complexity index is 532. The third-order valence-corrected chi connectivity index (χ3v) is 4.89. The van der Waals surface area contributed by atoms with Crippen LogP contribution in [-0.4, -0.2) is 43.7 Å². The molecule has 0 spiro atoms. The van der Waals surface area contributed by atoms with Crippen molar-refractivity contribution >= 4 is 39.7 Å². The van der Waals surface area contributed by atoms with E-state index in [0.717, 1.165) is 18.4 Å². The molecule has 6 heteroatoms. The third kappa shape index (κ3) is 10.7. The minimum atomic E-state index is -3.61. The molecule has 0 atom stereocenters. The van der Waals surface area contributed by atoms with Gasteiger partial charge in [-0.15, -0.1) is 0 Å². The Morgan fingerprint density at radius 2 is 1.50 bits per heavy atom. The number of para-hydroxylation sites is 1. The van der Waals surface area contributed by atoms with Crippen LogP contribution in [0.1, 0.15) is 70.8 Å². The molecule has 24 heavy (non-hydrogen) atoms. The SMILES string of the molecule is CCCCCCCCCc1ccccc1OOS(=O)(=O)CCC.[Na]. The molecule has 4 nitrogen and oxygen atoms in total. The zero-order valence-electron chi connectivity index (χ0n) is 15.4. The molecule has 1 aromatic rings. The number of unbranched alkanes of at least 4 members (excludes halogenated alkanes) is 6. The van der Waals surface area contributed by atoms with Gasteiger partial charge in [-0.3, -0.25) is 0 Å². The van der Waals surface area contributed by atoms with E-state index in [4.69, 9.17) is 4.89 Å². The van der Waals surface area contributed by atoms with Crippen molar-refractivity contribution in [1.29, 1.82) is 0 Å². The van der Waals surface area contributed by atoms with Crippen LogP contribution in [0.25, 0.3) is 0 Å². The van der Waals surface area contributed by atoms with Gasteiger partial charge >= 0.3 is 10.1 Å². The van der Waals surface area contributed by atoms with Crippen molar-refractivity contribution < 1.29 is 17.6 Å². The second kappa shape index (κ2) is 14.1. The number of hydrogen-bond acceptors (Lipinski definition) is 4. The summed E-state index contributed by atoms with van der Waals surface area (Å²) in [5.41, 5.74) is 0.993. The summed E-state index contributed by atoms with van der Waals surface area (Å²) in [6.07, 6.45) is 10.1. The van der Waals surface area contributed by atoms with Crippen LogP contribution < -0.4 is 4.89 Å². The summed E-state index contributed by atoms with van der Waals surface area (Å²) >= 11 is 0. The van der Waals surface area contributed by atoms with Gasteiger partial charge in [0.2, 0.25) is 0 Å². The van der Waals surface area contributed by atoms with Crippen LogP contribution in [0.4, 0.5) is 0 Å². The van der Waals surface area contributed by atoms with Crippen LogP contribution in [0.2, 0.25) is 0 Å². The molecular weight excluding hydrogens is 335 g/mol. The quantitative estimate of drug-likeness (QED) is 0.221. The van der Waals surface area contributed by atoms with Gasteiger partial charge < -0.3 is 4.89 Å². The molecule has 0 aliphatic rings. The standard InChI is InChI=1S/C18H30O4S.Na/c1-3-5-6-7-8-9-10-13-17-14-11-12-15-18(17)21-22-23(19,20)16-4-2;/h11-12,14-15H,3-10,13,16H2,1-2H3;. The molecule has 0 aliphatic heterocycles. The molecule has 0 unspecified atom stereocenters. The molecule has 0 bridgehead atoms. The van der Waals surface area contributed by atoms with Gasteiger partial charge in [-0.1, -0.05) is 74.9 Å². The summed E-state index contributed by atoms with van der Waals surface area (Å²) < 4.78 is 27.7. The number of hydrogen-bond donors (Lipinski definition) is 0. The molecule has 1 rings (SSSR count). The maximum atomic E-state index is 11.6. The summed E-state index contributed by atoms with van der Waals surface area (Å²) in [4.78, 5) is 5.08. The van der Waals surface area contributed by atoms with Crippen molar-refractivity contribution in [2.45, 2.75) is 71.6 Å². The Labute approximate surface area is 169 Å². The van der Waals surface area contributed by atoms with Gasteiger partial charge in [0.25, 0.3) is 0 Å². The third-order valence-electron chi connectivity index (χ3n) is 3.70. The largest absolute Gasteiger partial charge is 0.321 e. The summed E-state index contributed by atoms with van der Waals surface area (Å²) in [5.74, 6) is 0.464. The summed E-state index contributed by atoms with van der Waals surface area (Å²) in [5, 5.41) is 0. The molecule has 1 radical (unpaired) electrons. The first kappa shape index (κ1) is 23.9. The van der Waals surface area contributed by atoms with Crippen molar-refractivity contribution in [3.63, 3.8) is 0 Å². The summed E-state index contributed by atoms with van der Waals surface area (Å²) in [7, 11) is -3.61. The van der Waals surface area contributed by atoms with E-state index in [0.29, 0.717) is 12.2 Å². The van der Waals surface area contributed by atoms with Crippen LogP contribution in [0, 0.1) is 0 Å². The van der Waals surface area contributed by atoms with Gasteiger partial charge in [-0.05, 0) is 30.9 Å². The molecule has 0 amide bonds. The van der Waals surface area contributed by atoms with E-state index >= 15 is 0 Å². The van der Waals surface area contributed by atoms with Crippen molar-refractivity contribution in [1.82, 2.24) is 0 Å². The zero-order chi connectivity index (χ0) is 17.0. The van der Waals surface area contributed by atoms with Crippen LogP contribution in [-0.2, 0) is 20.9 Å². The Balaban J connectivity index is 0.00000529. The second-order valence-corrected chi connectivity index (χ2v) is 7.55. The smallest absolute Gasteiger partial charge is 0.303 e. The Kier molecular flexibility index (Phi) is 14.1. The molecule has 0 saturated carbocycles. The van der Waals surface area contributed by atoms with Gasteiger partial charge in [-0.2, -0.15) is 8.42 Å². The van der Waals surface area contributed by atoms with E-state index in [-0.39, 0.29) is 35.3 Å². The predicted octanol–water partition coefficient (Wildman–Crippen LogP) is 4.65. The van der Waals surface area contributed by atoms with Gasteiger partial charge in [0.1, 0.15) is 0 Å². The van der Waals surface area contributed by atoms with Crippen molar-refractivity contribution in [3.8, 4) is 5.75 Å². The second-order valence-electron chi connectivity index (χ2n) is 5.89. The Hall–Kier alpha value is -0.0700. The fourth-order valence-electron chi connectivity index (χ4n) is 2.44. The zero-order valence-corrected chi connectivity index (χ0v) is 18.2. The monoisotopic (exact) mass is 365 g/mol. The summed E-state index contributed by atoms with van der Waals surface area (Å²) in [6, 6.07) is 7.46. The molecule has 1 aromatic carbocycles. The molecule has 0 heterocycles. The van der Waals surface area contributed by atoms with E-state index in [2.05, 4.69) is 11.3 Å². The minimum Gasteiger partial charge on any atom is -0.321 e. The first-order valence-corrected chi connectivity index (χ1v) is 10.3. The number of aryl methyl sites for hydroxylation is 1. The fourth-order valence-corrected chi connectivity index (χ4v) is 3.18. The first-order valence-electron chi connectivity index (χ1n) is 8.75. The molecule has 0 aliphatic carbocycles. The van der Waals surface area contributed by atoms with Gasteiger partial charge in [-0.25, -0.2) is 0 Å². The van der Waals surface area contributed by atoms with Crippen LogP contribution in [0.3, 0.4) is 0 Å². The maximum absolute atomic E-state index is 11.6. The van der Waals surface area contributed by atoms with E-state index in [1.807, 2.05) is 18.2 Å². The normalized spacial score (nSPS) is 11.1. The topological polar surface area (TPSA) is 52.6 Å². The van der Waals surface area contributed by atoms with Crippen LogP contribution >= 0.6 is 0 Å². The first-order chi connectivity index (χ1) is 11.1. The number of benzene rings is 1. The van der Waals surface area contributed by atoms with Crippen molar-refractivity contribution in [3.05, 3.63) is 29.8 Å². The van der Waals surface area contributed by atoms with Crippen LogP contribution in [0.5, 0.6) is 5.75 Å². The van der Waals surface area contributed by atoms with E-state index in [9.17, 15) is 8.42 Å². The van der Waals surface area contributed by atoms with Crippen molar-refractivity contribution in [2.24, 2.45) is 0 Å². The molecule has 0 saturated heterocycles. The summed E-state index contributed by atoms with van der Waals surface area (Å²) in [6.45, 7) is 4.01. The van der Waals surface area contributed by atoms with Gasteiger partial charge in [0, 0.05) is 29.6 Å². The van der Waals surface area contributed by atoms with E-state index < -0.39 is 10.1 Å². The molecule has 0 aromatic heterocycles. The van der Waals surface area contributed by atoms with Gasteiger partial charge in [0.05, 0.1) is 5.75 Å². The predicted molar refractivity (Wildman–Crippen MR) is 99.7 cm³/mol. The molecule has 0 N–H and O–H groups in total. The van der Waals surface area contributed by atoms with Crippen LogP contribution in [0.15, 0.2) is 24.3 Å². The number of rotatable bonds is 13. The molecular formula is C18H30NaO4S. The Morgan fingerprint density at radius 1 is 0.875 bits per heavy atom. The molecule has 133 valence electrons. The fraction of sp³-hybridized carbons (Fsp3) is 0.667. The Morgan fingerprint density at radius 3 is 2.17 bits per heavy atom. The van der Waals surface area contributed by atoms with Crippen molar-refractivity contribution in [2.75, 3.05) is 5.75 Å². The average Bonchev–Trinajstić information content (AvgIpc) is 2.53. The molecule has 0 fully saturated rings.